The Morgan fingerprint density at radius 3 is 2.68 bits per heavy atom. The number of fused-ring (bicyclic) bond motifs is 1. The molecular weight excluding hydrogens is 368 g/mol. The number of hydrogen-bond acceptors (Lipinski definition) is 6. The van der Waals surface area contributed by atoms with Crippen molar-refractivity contribution in [1.82, 2.24) is 4.98 Å². The highest BCUT2D eigenvalue weighted by atomic mass is 32.2. The fourth-order valence-corrected chi connectivity index (χ4v) is 3.84. The van der Waals surface area contributed by atoms with Crippen LogP contribution in [-0.2, 0) is 9.53 Å². The van der Waals surface area contributed by atoms with Crippen molar-refractivity contribution in [3.8, 4) is 0 Å². The van der Waals surface area contributed by atoms with Crippen LogP contribution < -0.4 is 0 Å². The molecule has 0 saturated heterocycles. The van der Waals surface area contributed by atoms with Crippen LogP contribution in [0.25, 0.3) is 10.2 Å². The average molecular weight is 379 g/mol. The predicted octanol–water partition coefficient (Wildman–Crippen LogP) is 4.09. The fourth-order valence-electron chi connectivity index (χ4n) is 1.97. The molecular formula is C17H11F2NO3S2. The number of carbonyl (C=O) groups is 2. The molecule has 0 aliphatic heterocycles. The second kappa shape index (κ2) is 7.71. The Labute approximate surface area is 149 Å². The highest BCUT2D eigenvalue weighted by Crippen LogP contribution is 2.29. The third kappa shape index (κ3) is 4.40. The molecule has 0 aliphatic rings. The first-order chi connectivity index (χ1) is 12.0. The summed E-state index contributed by atoms with van der Waals surface area (Å²) >= 11 is 2.68. The molecule has 0 radical (unpaired) electrons. The molecule has 8 heteroatoms. The van der Waals surface area contributed by atoms with E-state index in [1.54, 1.807) is 0 Å². The Hall–Kier alpha value is -2.32. The minimum Gasteiger partial charge on any atom is -0.457 e. The van der Waals surface area contributed by atoms with Crippen molar-refractivity contribution in [3.05, 3.63) is 59.7 Å². The van der Waals surface area contributed by atoms with Crippen LogP contribution >= 0.6 is 23.1 Å². The molecule has 4 nitrogen and oxygen atoms in total. The van der Waals surface area contributed by atoms with E-state index in [0.717, 1.165) is 32.8 Å². The first-order valence-electron chi connectivity index (χ1n) is 7.15. The lowest BCUT2D eigenvalue weighted by molar-refractivity contribution is -0.139. The molecule has 0 saturated carbocycles. The first-order valence-corrected chi connectivity index (χ1v) is 8.95. The Balaban J connectivity index is 1.50. The van der Waals surface area contributed by atoms with E-state index in [1.807, 2.05) is 24.3 Å². The van der Waals surface area contributed by atoms with E-state index in [0.29, 0.717) is 0 Å². The molecule has 3 aromatic rings. The van der Waals surface area contributed by atoms with Crippen molar-refractivity contribution in [2.75, 3.05) is 12.4 Å². The van der Waals surface area contributed by atoms with Crippen molar-refractivity contribution < 1.29 is 23.1 Å². The molecule has 2 aromatic carbocycles. The molecule has 0 atom stereocenters. The zero-order chi connectivity index (χ0) is 17.8. The van der Waals surface area contributed by atoms with Gasteiger partial charge in [0, 0.05) is 5.56 Å². The van der Waals surface area contributed by atoms with Gasteiger partial charge in [0.2, 0.25) is 0 Å². The van der Waals surface area contributed by atoms with E-state index >= 15 is 0 Å². The topological polar surface area (TPSA) is 56.3 Å². The number of thioether (sulfide) groups is 1. The summed E-state index contributed by atoms with van der Waals surface area (Å²) in [6, 6.07) is 10.4. The van der Waals surface area contributed by atoms with Gasteiger partial charge in [-0.25, -0.2) is 13.8 Å². The zero-order valence-electron chi connectivity index (χ0n) is 12.7. The normalized spacial score (nSPS) is 10.8. The van der Waals surface area contributed by atoms with Gasteiger partial charge in [-0.2, -0.15) is 0 Å². The van der Waals surface area contributed by atoms with E-state index in [9.17, 15) is 18.4 Å². The van der Waals surface area contributed by atoms with Gasteiger partial charge in [-0.3, -0.25) is 9.59 Å². The van der Waals surface area contributed by atoms with Gasteiger partial charge in [-0.15, -0.1) is 11.3 Å². The molecule has 1 aromatic heterocycles. The number of nitrogens with zero attached hydrogens (tertiary/aromatic N) is 1. The summed E-state index contributed by atoms with van der Waals surface area (Å²) < 4.78 is 32.5. The van der Waals surface area contributed by atoms with Crippen LogP contribution in [0.1, 0.15) is 10.4 Å². The van der Waals surface area contributed by atoms with Gasteiger partial charge >= 0.3 is 5.97 Å². The molecule has 0 N–H and O–H groups in total. The average Bonchev–Trinajstić information content (AvgIpc) is 3.03. The SMILES string of the molecule is O=C(CSc1nc2ccccc2s1)OCC(=O)c1ccc(F)c(F)c1. The van der Waals surface area contributed by atoms with E-state index in [1.165, 1.54) is 23.1 Å². The lowest BCUT2D eigenvalue weighted by Gasteiger charge is -2.04. The molecule has 0 spiro atoms. The lowest BCUT2D eigenvalue weighted by Crippen LogP contribution is -2.15. The zero-order valence-corrected chi connectivity index (χ0v) is 14.3. The van der Waals surface area contributed by atoms with Crippen LogP contribution in [0.15, 0.2) is 46.8 Å². The highest BCUT2D eigenvalue weighted by Gasteiger charge is 2.13. The number of halogens is 2. The van der Waals surface area contributed by atoms with Crippen molar-refractivity contribution >= 4 is 45.1 Å². The first kappa shape index (κ1) is 17.5. The number of thiazole rings is 1. The monoisotopic (exact) mass is 379 g/mol. The van der Waals surface area contributed by atoms with Crippen LogP contribution in [0.5, 0.6) is 0 Å². The third-order valence-corrected chi connectivity index (χ3v) is 5.35. The molecule has 3 rings (SSSR count). The fraction of sp³-hybridized carbons (Fsp3) is 0.118. The number of ketones is 1. The standard InChI is InChI=1S/C17H11F2NO3S2/c18-11-6-5-10(7-12(11)19)14(21)8-23-16(22)9-24-17-20-13-3-1-2-4-15(13)25-17/h1-7H,8-9H2. The van der Waals surface area contributed by atoms with Crippen LogP contribution in [0, 0.1) is 11.6 Å². The summed E-state index contributed by atoms with van der Waals surface area (Å²) in [5.74, 6) is -3.34. The number of Topliss-reactive ketones (excluding diaryl/α,β-unsaturated/α-hetero) is 1. The number of benzene rings is 2. The number of carbonyl (C=O) groups excluding carboxylic acids is 2. The van der Waals surface area contributed by atoms with Crippen LogP contribution in [0.3, 0.4) is 0 Å². The summed E-state index contributed by atoms with van der Waals surface area (Å²) in [6.45, 7) is -0.524. The van der Waals surface area contributed by atoms with Crippen molar-refractivity contribution in [2.45, 2.75) is 4.34 Å². The molecule has 1 heterocycles. The summed E-state index contributed by atoms with van der Waals surface area (Å²) in [5, 5.41) is 0. The van der Waals surface area contributed by atoms with Crippen molar-refractivity contribution in [2.24, 2.45) is 0 Å². The second-order valence-corrected chi connectivity index (χ2v) is 7.20. The summed E-state index contributed by atoms with van der Waals surface area (Å²) in [5.41, 5.74) is 0.808. The number of para-hydroxylation sites is 1. The minimum absolute atomic E-state index is 0.00484. The smallest absolute Gasteiger partial charge is 0.316 e. The number of ether oxygens (including phenoxy) is 1. The molecule has 0 bridgehead atoms. The molecule has 0 unspecified atom stereocenters. The molecule has 0 fully saturated rings. The number of esters is 1. The predicted molar refractivity (Wildman–Crippen MR) is 92.0 cm³/mol. The van der Waals surface area contributed by atoms with Gasteiger partial charge in [-0.1, -0.05) is 23.9 Å². The largest absolute Gasteiger partial charge is 0.457 e. The van der Waals surface area contributed by atoms with Gasteiger partial charge in [0.25, 0.3) is 0 Å². The summed E-state index contributed by atoms with van der Waals surface area (Å²) in [7, 11) is 0. The summed E-state index contributed by atoms with van der Waals surface area (Å²) in [4.78, 5) is 27.9. The number of hydrogen-bond donors (Lipinski definition) is 0. The maximum Gasteiger partial charge on any atom is 0.316 e. The van der Waals surface area contributed by atoms with Gasteiger partial charge in [0.05, 0.1) is 16.0 Å². The number of rotatable bonds is 6. The molecule has 0 aliphatic carbocycles. The number of aromatic nitrogens is 1. The summed E-state index contributed by atoms with van der Waals surface area (Å²) in [6.07, 6.45) is 0. The van der Waals surface area contributed by atoms with E-state index in [4.69, 9.17) is 4.74 Å². The minimum atomic E-state index is -1.12. The third-order valence-electron chi connectivity index (χ3n) is 3.19. The lowest BCUT2D eigenvalue weighted by atomic mass is 10.1. The second-order valence-electron chi connectivity index (χ2n) is 4.95. The molecule has 0 amide bonds. The van der Waals surface area contributed by atoms with E-state index in [-0.39, 0.29) is 11.3 Å². The maximum absolute atomic E-state index is 13.1. The van der Waals surface area contributed by atoms with Crippen molar-refractivity contribution in [1.29, 1.82) is 0 Å². The van der Waals surface area contributed by atoms with Crippen molar-refractivity contribution in [3.63, 3.8) is 0 Å². The molecule has 25 heavy (non-hydrogen) atoms. The van der Waals surface area contributed by atoms with Gasteiger partial charge < -0.3 is 4.74 Å². The highest BCUT2D eigenvalue weighted by molar-refractivity contribution is 8.01. The molecule has 128 valence electrons. The Bertz CT molecular complexity index is 910. The maximum atomic E-state index is 13.1. The van der Waals surface area contributed by atoms with Crippen LogP contribution in [0.4, 0.5) is 8.78 Å². The van der Waals surface area contributed by atoms with Gasteiger partial charge in [0.15, 0.2) is 28.4 Å². The van der Waals surface area contributed by atoms with E-state index in [2.05, 4.69) is 4.98 Å². The Morgan fingerprint density at radius 2 is 1.92 bits per heavy atom. The van der Waals surface area contributed by atoms with Crippen LogP contribution in [-0.4, -0.2) is 29.1 Å². The quantitative estimate of drug-likeness (QED) is 0.367. The van der Waals surface area contributed by atoms with Crippen LogP contribution in [0.2, 0.25) is 0 Å². The Morgan fingerprint density at radius 1 is 1.12 bits per heavy atom. The van der Waals surface area contributed by atoms with E-state index < -0.39 is 30.0 Å². The Kier molecular flexibility index (Phi) is 5.40. The van der Waals surface area contributed by atoms with Gasteiger partial charge in [0.1, 0.15) is 0 Å². The van der Waals surface area contributed by atoms with Gasteiger partial charge in [-0.05, 0) is 30.3 Å².